The zero-order valence-electron chi connectivity index (χ0n) is 9.60. The minimum atomic E-state index is -0.647. The minimum Gasteiger partial charge on any atom is -0.384 e. The molecule has 0 amide bonds. The average molecular weight is 248 g/mol. The van der Waals surface area contributed by atoms with Gasteiger partial charge in [0.15, 0.2) is 0 Å². The van der Waals surface area contributed by atoms with E-state index in [1.165, 1.54) is 5.56 Å². The van der Waals surface area contributed by atoms with Crippen LogP contribution in [0.15, 0.2) is 42.6 Å². The van der Waals surface area contributed by atoms with Crippen LogP contribution >= 0.6 is 11.6 Å². The molecule has 0 saturated heterocycles. The summed E-state index contributed by atoms with van der Waals surface area (Å²) in [6.07, 6.45) is 1.91. The summed E-state index contributed by atoms with van der Waals surface area (Å²) in [6.45, 7) is 2.09. The fourth-order valence-electron chi connectivity index (χ4n) is 1.72. The van der Waals surface area contributed by atoms with E-state index in [1.807, 2.05) is 18.2 Å². The number of aliphatic hydroxyl groups excluding tert-OH is 1. The second kappa shape index (κ2) is 5.30. The van der Waals surface area contributed by atoms with Gasteiger partial charge in [0.05, 0.1) is 0 Å². The quantitative estimate of drug-likeness (QED) is 0.844. The Balaban J connectivity index is 2.29. The fourth-order valence-corrected chi connectivity index (χ4v) is 1.84. The highest BCUT2D eigenvalue weighted by molar-refractivity contribution is 6.29. The van der Waals surface area contributed by atoms with Gasteiger partial charge in [0.1, 0.15) is 11.3 Å². The van der Waals surface area contributed by atoms with Crippen LogP contribution in [0.25, 0.3) is 0 Å². The Morgan fingerprint density at radius 2 is 2.06 bits per heavy atom. The summed E-state index contributed by atoms with van der Waals surface area (Å²) in [6, 6.07) is 11.4. The fraction of sp³-hybridized carbons (Fsp3) is 0.214. The van der Waals surface area contributed by atoms with E-state index in [1.54, 1.807) is 18.3 Å². The Morgan fingerprint density at radius 3 is 2.71 bits per heavy atom. The summed E-state index contributed by atoms with van der Waals surface area (Å²) < 4.78 is 0. The van der Waals surface area contributed by atoms with Crippen molar-refractivity contribution in [3.63, 3.8) is 0 Å². The molecule has 17 heavy (non-hydrogen) atoms. The van der Waals surface area contributed by atoms with E-state index < -0.39 is 6.10 Å². The molecule has 0 bridgehead atoms. The first-order chi connectivity index (χ1) is 8.20. The number of nitrogens with zero attached hydrogens (tertiary/aromatic N) is 1. The Bertz CT molecular complexity index is 496. The van der Waals surface area contributed by atoms with Crippen LogP contribution in [-0.4, -0.2) is 10.1 Å². The van der Waals surface area contributed by atoms with Crippen LogP contribution in [0.4, 0.5) is 0 Å². The van der Waals surface area contributed by atoms with Gasteiger partial charge in [-0.05, 0) is 23.6 Å². The van der Waals surface area contributed by atoms with Gasteiger partial charge in [0, 0.05) is 11.8 Å². The van der Waals surface area contributed by atoms with Crippen molar-refractivity contribution in [3.05, 3.63) is 64.4 Å². The normalized spacial score (nSPS) is 12.4. The summed E-state index contributed by atoms with van der Waals surface area (Å²) in [7, 11) is 0. The van der Waals surface area contributed by atoms with Crippen LogP contribution in [0.5, 0.6) is 0 Å². The van der Waals surface area contributed by atoms with E-state index in [2.05, 4.69) is 18.0 Å². The average Bonchev–Trinajstić information content (AvgIpc) is 2.39. The molecule has 1 unspecified atom stereocenters. The molecule has 0 saturated carbocycles. The first-order valence-corrected chi connectivity index (χ1v) is 5.97. The number of hydrogen-bond donors (Lipinski definition) is 1. The van der Waals surface area contributed by atoms with Crippen LogP contribution in [0.3, 0.4) is 0 Å². The maximum absolute atomic E-state index is 10.2. The topological polar surface area (TPSA) is 33.1 Å². The summed E-state index contributed by atoms with van der Waals surface area (Å²) in [5.41, 5.74) is 2.85. The van der Waals surface area contributed by atoms with Crippen LogP contribution in [0, 0.1) is 0 Å². The molecule has 3 heteroatoms. The van der Waals surface area contributed by atoms with Gasteiger partial charge in [0.25, 0.3) is 0 Å². The highest BCUT2D eigenvalue weighted by Crippen LogP contribution is 2.22. The third-order valence-corrected chi connectivity index (χ3v) is 2.96. The van der Waals surface area contributed by atoms with Crippen molar-refractivity contribution in [1.29, 1.82) is 0 Å². The number of rotatable bonds is 3. The highest BCUT2D eigenvalue weighted by Gasteiger charge is 2.10. The van der Waals surface area contributed by atoms with Crippen molar-refractivity contribution in [2.45, 2.75) is 19.4 Å². The van der Waals surface area contributed by atoms with Gasteiger partial charge in [-0.25, -0.2) is 4.98 Å². The third-order valence-electron chi connectivity index (χ3n) is 2.74. The Morgan fingerprint density at radius 1 is 1.24 bits per heavy atom. The molecule has 0 spiro atoms. The van der Waals surface area contributed by atoms with Crippen molar-refractivity contribution in [3.8, 4) is 0 Å². The minimum absolute atomic E-state index is 0.434. The van der Waals surface area contributed by atoms with Crippen molar-refractivity contribution in [1.82, 2.24) is 4.98 Å². The predicted molar refractivity (Wildman–Crippen MR) is 69.1 cm³/mol. The molecule has 1 atom stereocenters. The molecule has 0 radical (unpaired) electrons. The lowest BCUT2D eigenvalue weighted by atomic mass is 10.0. The standard InChI is InChI=1S/C14H14ClNO/c1-2-10-4-3-5-11(8-10)14(17)12-6-7-13(15)16-9-12/h3-9,14,17H,2H2,1H3. The number of hydrogen-bond acceptors (Lipinski definition) is 2. The highest BCUT2D eigenvalue weighted by atomic mass is 35.5. The molecule has 2 rings (SSSR count). The molecule has 1 aromatic carbocycles. The first kappa shape index (κ1) is 12.1. The molecule has 1 aromatic heterocycles. The largest absolute Gasteiger partial charge is 0.384 e. The lowest BCUT2D eigenvalue weighted by molar-refractivity contribution is 0.220. The van der Waals surface area contributed by atoms with Gasteiger partial charge >= 0.3 is 0 Å². The maximum Gasteiger partial charge on any atom is 0.129 e. The number of pyridine rings is 1. The van der Waals surface area contributed by atoms with Gasteiger partial charge in [-0.1, -0.05) is 48.9 Å². The number of benzene rings is 1. The molecule has 0 aliphatic rings. The molecular formula is C14H14ClNO. The van der Waals surface area contributed by atoms with E-state index in [-0.39, 0.29) is 0 Å². The van der Waals surface area contributed by atoms with Crippen LogP contribution in [0.2, 0.25) is 5.15 Å². The molecular weight excluding hydrogens is 234 g/mol. The van der Waals surface area contributed by atoms with E-state index >= 15 is 0 Å². The number of aromatic nitrogens is 1. The van der Waals surface area contributed by atoms with Gasteiger partial charge in [-0.15, -0.1) is 0 Å². The lowest BCUT2D eigenvalue weighted by Crippen LogP contribution is -2.00. The van der Waals surface area contributed by atoms with Crippen LogP contribution < -0.4 is 0 Å². The van der Waals surface area contributed by atoms with Crippen molar-refractivity contribution in [2.24, 2.45) is 0 Å². The Labute approximate surface area is 106 Å². The Hall–Kier alpha value is -1.38. The zero-order valence-corrected chi connectivity index (χ0v) is 10.4. The third kappa shape index (κ3) is 2.84. The summed E-state index contributed by atoms with van der Waals surface area (Å²) in [4.78, 5) is 3.97. The predicted octanol–water partition coefficient (Wildman–Crippen LogP) is 3.38. The van der Waals surface area contributed by atoms with Gasteiger partial charge in [-0.2, -0.15) is 0 Å². The second-order valence-corrected chi connectivity index (χ2v) is 4.30. The van der Waals surface area contributed by atoms with E-state index in [4.69, 9.17) is 11.6 Å². The molecule has 2 aromatic rings. The van der Waals surface area contributed by atoms with E-state index in [0.29, 0.717) is 5.15 Å². The summed E-state index contributed by atoms with van der Waals surface area (Å²) in [5.74, 6) is 0. The number of aryl methyl sites for hydroxylation is 1. The van der Waals surface area contributed by atoms with Crippen molar-refractivity contribution < 1.29 is 5.11 Å². The van der Waals surface area contributed by atoms with Gasteiger partial charge in [0.2, 0.25) is 0 Å². The maximum atomic E-state index is 10.2. The number of aliphatic hydroxyl groups is 1. The first-order valence-electron chi connectivity index (χ1n) is 5.59. The molecule has 0 fully saturated rings. The zero-order chi connectivity index (χ0) is 12.3. The van der Waals surface area contributed by atoms with Crippen molar-refractivity contribution in [2.75, 3.05) is 0 Å². The van der Waals surface area contributed by atoms with Gasteiger partial charge < -0.3 is 5.11 Å². The van der Waals surface area contributed by atoms with Crippen LogP contribution in [0.1, 0.15) is 29.7 Å². The van der Waals surface area contributed by atoms with E-state index in [9.17, 15) is 5.11 Å². The molecule has 1 heterocycles. The molecule has 2 nitrogen and oxygen atoms in total. The number of halogens is 1. The monoisotopic (exact) mass is 247 g/mol. The van der Waals surface area contributed by atoms with Crippen molar-refractivity contribution >= 4 is 11.6 Å². The van der Waals surface area contributed by atoms with Crippen LogP contribution in [-0.2, 0) is 6.42 Å². The SMILES string of the molecule is CCc1cccc(C(O)c2ccc(Cl)nc2)c1. The molecule has 1 N–H and O–H groups in total. The van der Waals surface area contributed by atoms with E-state index in [0.717, 1.165) is 17.5 Å². The molecule has 0 aliphatic carbocycles. The lowest BCUT2D eigenvalue weighted by Gasteiger charge is -2.12. The van der Waals surface area contributed by atoms with Gasteiger partial charge in [-0.3, -0.25) is 0 Å². The smallest absolute Gasteiger partial charge is 0.129 e. The Kier molecular flexibility index (Phi) is 3.77. The molecule has 88 valence electrons. The summed E-state index contributed by atoms with van der Waals surface area (Å²) in [5, 5.41) is 10.7. The summed E-state index contributed by atoms with van der Waals surface area (Å²) >= 11 is 5.72. The second-order valence-electron chi connectivity index (χ2n) is 3.92. The molecule has 0 aliphatic heterocycles.